The van der Waals surface area contributed by atoms with Crippen LogP contribution >= 0.6 is 0 Å². The summed E-state index contributed by atoms with van der Waals surface area (Å²) in [5, 5.41) is 5.61. The van der Waals surface area contributed by atoms with Crippen molar-refractivity contribution in [3.05, 3.63) is 23.8 Å². The first kappa shape index (κ1) is 15.9. The lowest BCUT2D eigenvalue weighted by Crippen LogP contribution is -2.40. The Labute approximate surface area is 135 Å². The molecule has 2 N–H and O–H groups in total. The van der Waals surface area contributed by atoms with Gasteiger partial charge in [0.15, 0.2) is 0 Å². The zero-order valence-electron chi connectivity index (χ0n) is 12.8. The molecule has 1 aromatic rings. The van der Waals surface area contributed by atoms with E-state index in [1.807, 2.05) is 0 Å². The van der Waals surface area contributed by atoms with E-state index in [4.69, 9.17) is 0 Å². The maximum Gasteiger partial charge on any atom is 0.228 e. The molecule has 0 bridgehead atoms. The minimum Gasteiger partial charge on any atom is -0.326 e. The third-order valence-electron chi connectivity index (χ3n) is 4.29. The topological polar surface area (TPSA) is 95.6 Å². The van der Waals surface area contributed by atoms with Crippen LogP contribution in [0.2, 0.25) is 0 Å². The van der Waals surface area contributed by atoms with Gasteiger partial charge in [-0.15, -0.1) is 0 Å². The number of rotatable bonds is 3. The van der Waals surface area contributed by atoms with Crippen LogP contribution in [-0.4, -0.2) is 43.9 Å². The number of benzene rings is 1. The van der Waals surface area contributed by atoms with Crippen molar-refractivity contribution in [2.45, 2.75) is 19.3 Å². The average molecular weight is 337 g/mol. The van der Waals surface area contributed by atoms with Crippen molar-refractivity contribution in [3.8, 4) is 0 Å². The van der Waals surface area contributed by atoms with Gasteiger partial charge in [-0.05, 0) is 36.6 Å². The number of piperidine rings is 1. The lowest BCUT2D eigenvalue weighted by atomic mass is 9.97. The first-order chi connectivity index (χ1) is 10.8. The van der Waals surface area contributed by atoms with Crippen molar-refractivity contribution in [1.82, 2.24) is 4.31 Å². The Balaban J connectivity index is 1.60. The van der Waals surface area contributed by atoms with Gasteiger partial charge in [0.2, 0.25) is 21.8 Å². The minimum atomic E-state index is -3.18. The summed E-state index contributed by atoms with van der Waals surface area (Å²) >= 11 is 0. The number of nitrogens with zero attached hydrogens (tertiary/aromatic N) is 1. The predicted molar refractivity (Wildman–Crippen MR) is 86.5 cm³/mol. The summed E-state index contributed by atoms with van der Waals surface area (Å²) < 4.78 is 24.4. The van der Waals surface area contributed by atoms with Crippen LogP contribution in [0.3, 0.4) is 0 Å². The Morgan fingerprint density at radius 1 is 1.30 bits per heavy atom. The number of hydrogen-bond donors (Lipinski definition) is 2. The van der Waals surface area contributed by atoms with Crippen LogP contribution in [0.5, 0.6) is 0 Å². The smallest absolute Gasteiger partial charge is 0.228 e. The second-order valence-corrected chi connectivity index (χ2v) is 8.00. The number of anilines is 2. The predicted octanol–water partition coefficient (Wildman–Crippen LogP) is 0.791. The van der Waals surface area contributed by atoms with Crippen LogP contribution in [0.1, 0.15) is 18.4 Å². The second kappa shape index (κ2) is 5.93. The molecule has 1 aromatic carbocycles. The lowest BCUT2D eigenvalue weighted by Gasteiger charge is -2.29. The molecule has 0 aliphatic carbocycles. The molecule has 0 spiro atoms. The summed E-state index contributed by atoms with van der Waals surface area (Å²) in [5.74, 6) is -0.340. The molecule has 8 heteroatoms. The van der Waals surface area contributed by atoms with Gasteiger partial charge in [0, 0.05) is 30.4 Å². The minimum absolute atomic E-state index is 0.0448. The van der Waals surface area contributed by atoms with Crippen molar-refractivity contribution < 1.29 is 18.0 Å². The molecule has 1 saturated heterocycles. The molecule has 0 radical (unpaired) electrons. The Bertz CT molecular complexity index is 752. The molecule has 3 rings (SSSR count). The number of nitrogens with one attached hydrogen (secondary N) is 2. The van der Waals surface area contributed by atoms with Gasteiger partial charge in [0.1, 0.15) is 0 Å². The van der Waals surface area contributed by atoms with E-state index in [-0.39, 0.29) is 17.7 Å². The molecular weight excluding hydrogens is 318 g/mol. The summed E-state index contributed by atoms with van der Waals surface area (Å²) in [6.45, 7) is 0.749. The normalized spacial score (nSPS) is 19.3. The van der Waals surface area contributed by atoms with Crippen molar-refractivity contribution in [2.24, 2.45) is 5.92 Å². The highest BCUT2D eigenvalue weighted by atomic mass is 32.2. The van der Waals surface area contributed by atoms with Crippen molar-refractivity contribution in [3.63, 3.8) is 0 Å². The van der Waals surface area contributed by atoms with Gasteiger partial charge in [-0.25, -0.2) is 12.7 Å². The maximum absolute atomic E-state index is 12.3. The van der Waals surface area contributed by atoms with Gasteiger partial charge < -0.3 is 10.6 Å². The Morgan fingerprint density at radius 3 is 2.65 bits per heavy atom. The molecular formula is C15H19N3O4S. The molecule has 2 heterocycles. The van der Waals surface area contributed by atoms with E-state index in [9.17, 15) is 18.0 Å². The average Bonchev–Trinajstić information content (AvgIpc) is 2.86. The van der Waals surface area contributed by atoms with Gasteiger partial charge in [-0.2, -0.15) is 0 Å². The SMILES string of the molecule is CS(=O)(=O)N1CCC(C(=O)Nc2ccc3c(c2)CC(=O)N3)CC1. The summed E-state index contributed by atoms with van der Waals surface area (Å²) in [7, 11) is -3.18. The van der Waals surface area contributed by atoms with E-state index >= 15 is 0 Å². The number of hydrogen-bond acceptors (Lipinski definition) is 4. The van der Waals surface area contributed by atoms with Crippen LogP contribution in [-0.2, 0) is 26.0 Å². The highest BCUT2D eigenvalue weighted by Gasteiger charge is 2.29. The van der Waals surface area contributed by atoms with Gasteiger partial charge in [-0.1, -0.05) is 0 Å². The van der Waals surface area contributed by atoms with Crippen LogP contribution in [0, 0.1) is 5.92 Å². The van der Waals surface area contributed by atoms with E-state index in [1.54, 1.807) is 18.2 Å². The number of carbonyl (C=O) groups excluding carboxylic acids is 2. The molecule has 2 aliphatic heterocycles. The highest BCUT2D eigenvalue weighted by Crippen LogP contribution is 2.27. The largest absolute Gasteiger partial charge is 0.326 e. The lowest BCUT2D eigenvalue weighted by molar-refractivity contribution is -0.121. The Morgan fingerprint density at radius 2 is 2.00 bits per heavy atom. The molecule has 0 saturated carbocycles. The van der Waals surface area contributed by atoms with Crippen LogP contribution in [0.25, 0.3) is 0 Å². The van der Waals surface area contributed by atoms with E-state index in [1.165, 1.54) is 10.6 Å². The second-order valence-electron chi connectivity index (χ2n) is 6.02. The molecule has 2 aliphatic rings. The van der Waals surface area contributed by atoms with Crippen molar-refractivity contribution in [1.29, 1.82) is 0 Å². The summed E-state index contributed by atoms with van der Waals surface area (Å²) in [5.41, 5.74) is 2.32. The zero-order valence-corrected chi connectivity index (χ0v) is 13.6. The Hall–Kier alpha value is -1.93. The van der Waals surface area contributed by atoms with Gasteiger partial charge in [0.25, 0.3) is 0 Å². The first-order valence-corrected chi connectivity index (χ1v) is 9.36. The molecule has 1 fully saturated rings. The van der Waals surface area contributed by atoms with Crippen LogP contribution in [0.4, 0.5) is 11.4 Å². The fourth-order valence-electron chi connectivity index (χ4n) is 3.00. The van der Waals surface area contributed by atoms with E-state index < -0.39 is 10.0 Å². The quantitative estimate of drug-likeness (QED) is 0.852. The zero-order chi connectivity index (χ0) is 16.6. The molecule has 7 nitrogen and oxygen atoms in total. The standard InChI is InChI=1S/C15H19N3O4S/c1-23(21,22)18-6-4-10(5-7-18)15(20)16-12-2-3-13-11(8-12)9-14(19)17-13/h2-3,8,10H,4-7,9H2,1H3,(H,16,20)(H,17,19). The summed E-state index contributed by atoms with van der Waals surface area (Å²) in [6.07, 6.45) is 2.55. The molecule has 0 atom stereocenters. The Kier molecular flexibility index (Phi) is 4.11. The van der Waals surface area contributed by atoms with Crippen LogP contribution in [0.15, 0.2) is 18.2 Å². The fraction of sp³-hybridized carbons (Fsp3) is 0.467. The summed E-state index contributed by atoms with van der Waals surface area (Å²) in [4.78, 5) is 23.7. The van der Waals surface area contributed by atoms with Gasteiger partial charge >= 0.3 is 0 Å². The first-order valence-electron chi connectivity index (χ1n) is 7.52. The van der Waals surface area contributed by atoms with Crippen molar-refractivity contribution >= 4 is 33.2 Å². The third-order valence-corrected chi connectivity index (χ3v) is 5.59. The van der Waals surface area contributed by atoms with E-state index in [0.717, 1.165) is 11.3 Å². The molecule has 0 unspecified atom stereocenters. The molecule has 2 amide bonds. The number of fused-ring (bicyclic) bond motifs is 1. The van der Waals surface area contributed by atoms with Gasteiger partial charge in [0.05, 0.1) is 12.7 Å². The number of carbonyl (C=O) groups is 2. The number of sulfonamides is 1. The third kappa shape index (κ3) is 3.53. The van der Waals surface area contributed by atoms with Crippen molar-refractivity contribution in [2.75, 3.05) is 30.0 Å². The molecule has 23 heavy (non-hydrogen) atoms. The monoisotopic (exact) mass is 337 g/mol. The van der Waals surface area contributed by atoms with Crippen LogP contribution < -0.4 is 10.6 Å². The summed E-state index contributed by atoms with van der Waals surface area (Å²) in [6, 6.07) is 5.34. The van der Waals surface area contributed by atoms with E-state index in [0.29, 0.717) is 38.0 Å². The maximum atomic E-state index is 12.3. The highest BCUT2D eigenvalue weighted by molar-refractivity contribution is 7.88. The number of amides is 2. The fourth-order valence-corrected chi connectivity index (χ4v) is 3.88. The van der Waals surface area contributed by atoms with E-state index in [2.05, 4.69) is 10.6 Å². The molecule has 0 aromatic heterocycles. The van der Waals surface area contributed by atoms with Gasteiger partial charge in [-0.3, -0.25) is 9.59 Å². The molecule has 124 valence electrons.